The summed E-state index contributed by atoms with van der Waals surface area (Å²) in [5, 5.41) is 4.50. The molecule has 4 rings (SSSR count). The molecule has 0 amide bonds. The second-order valence-electron chi connectivity index (χ2n) is 5.51. The van der Waals surface area contributed by atoms with Crippen molar-refractivity contribution in [3.8, 4) is 17.1 Å². The highest BCUT2D eigenvalue weighted by Gasteiger charge is 2.31. The van der Waals surface area contributed by atoms with E-state index in [1.807, 2.05) is 0 Å². The smallest absolute Gasteiger partial charge is 0.416 e. The Kier molecular flexibility index (Phi) is 3.73. The monoisotopic (exact) mass is 378 g/mol. The summed E-state index contributed by atoms with van der Waals surface area (Å²) in [5.41, 5.74) is 0.400. The summed E-state index contributed by atoms with van der Waals surface area (Å²) in [7, 11) is 1.55. The second kappa shape index (κ2) is 5.84. The summed E-state index contributed by atoms with van der Waals surface area (Å²) in [4.78, 5) is 8.47. The van der Waals surface area contributed by atoms with Gasteiger partial charge in [0.25, 0.3) is 0 Å². The van der Waals surface area contributed by atoms with Gasteiger partial charge in [0.15, 0.2) is 11.5 Å². The summed E-state index contributed by atoms with van der Waals surface area (Å²) in [6, 6.07) is 10.2. The van der Waals surface area contributed by atoms with Crippen LogP contribution >= 0.6 is 11.6 Å². The van der Waals surface area contributed by atoms with Crippen LogP contribution in [0.3, 0.4) is 0 Å². The first-order chi connectivity index (χ1) is 12.4. The van der Waals surface area contributed by atoms with Gasteiger partial charge in [0, 0.05) is 10.9 Å². The van der Waals surface area contributed by atoms with Gasteiger partial charge >= 0.3 is 6.18 Å². The van der Waals surface area contributed by atoms with Crippen LogP contribution in [0.25, 0.3) is 27.9 Å². The maximum absolute atomic E-state index is 13.0. The molecule has 0 spiro atoms. The quantitative estimate of drug-likeness (QED) is 0.477. The molecule has 132 valence electrons. The lowest BCUT2D eigenvalue weighted by Crippen LogP contribution is -2.05. The molecule has 0 radical (unpaired) electrons. The molecule has 2 aromatic carbocycles. The summed E-state index contributed by atoms with van der Waals surface area (Å²) < 4.78 is 45.4. The van der Waals surface area contributed by atoms with Gasteiger partial charge < -0.3 is 4.74 Å². The van der Waals surface area contributed by atoms with Crippen LogP contribution in [0.4, 0.5) is 13.2 Å². The van der Waals surface area contributed by atoms with Crippen LogP contribution in [-0.4, -0.2) is 26.7 Å². The van der Waals surface area contributed by atoms with Gasteiger partial charge in [0.1, 0.15) is 5.75 Å². The Labute approximate surface area is 150 Å². The lowest BCUT2D eigenvalue weighted by Gasteiger charge is -2.08. The van der Waals surface area contributed by atoms with Crippen molar-refractivity contribution in [3.05, 3.63) is 53.3 Å². The molecule has 9 heteroatoms. The standard InChI is InChI=1S/C17H10ClF3N4O/c1-26-11-5-2-9(3-6-11)14-23-15-12-8-10(17(19,20)21)4-7-13(12)22-16(18)25(15)24-14/h2-8H,1H3. The van der Waals surface area contributed by atoms with E-state index in [0.717, 1.165) is 12.1 Å². The molecule has 0 aliphatic carbocycles. The Morgan fingerprint density at radius 1 is 1.04 bits per heavy atom. The lowest BCUT2D eigenvalue weighted by molar-refractivity contribution is -0.137. The van der Waals surface area contributed by atoms with Crippen molar-refractivity contribution in [1.82, 2.24) is 19.6 Å². The lowest BCUT2D eigenvalue weighted by atomic mass is 10.1. The van der Waals surface area contributed by atoms with E-state index in [1.54, 1.807) is 31.4 Å². The fourth-order valence-electron chi connectivity index (χ4n) is 2.61. The van der Waals surface area contributed by atoms with Crippen molar-refractivity contribution in [2.75, 3.05) is 7.11 Å². The summed E-state index contributed by atoms with van der Waals surface area (Å²) in [6.07, 6.45) is -4.47. The molecule has 0 aliphatic rings. The third kappa shape index (κ3) is 2.72. The number of hydrogen-bond donors (Lipinski definition) is 0. The van der Waals surface area contributed by atoms with E-state index >= 15 is 0 Å². The highest BCUT2D eigenvalue weighted by atomic mass is 35.5. The molecule has 0 fully saturated rings. The average molecular weight is 379 g/mol. The molecule has 2 aromatic heterocycles. The zero-order chi connectivity index (χ0) is 18.5. The van der Waals surface area contributed by atoms with Gasteiger partial charge in [-0.25, -0.2) is 9.97 Å². The second-order valence-corrected chi connectivity index (χ2v) is 5.85. The Balaban J connectivity index is 1.95. The van der Waals surface area contributed by atoms with Crippen LogP contribution in [-0.2, 0) is 6.18 Å². The van der Waals surface area contributed by atoms with E-state index < -0.39 is 11.7 Å². The Bertz CT molecular complexity index is 1120. The van der Waals surface area contributed by atoms with Crippen LogP contribution in [0.5, 0.6) is 5.75 Å². The summed E-state index contributed by atoms with van der Waals surface area (Å²) in [5.74, 6) is 0.985. The molecule has 0 atom stereocenters. The molecule has 5 nitrogen and oxygen atoms in total. The molecule has 0 saturated carbocycles. The molecule has 0 unspecified atom stereocenters. The van der Waals surface area contributed by atoms with E-state index in [9.17, 15) is 13.2 Å². The molecule has 26 heavy (non-hydrogen) atoms. The van der Waals surface area contributed by atoms with Crippen molar-refractivity contribution < 1.29 is 17.9 Å². The number of rotatable bonds is 2. The number of halogens is 4. The minimum absolute atomic E-state index is 0.0134. The predicted molar refractivity (Wildman–Crippen MR) is 90.3 cm³/mol. The maximum Gasteiger partial charge on any atom is 0.416 e. The maximum atomic E-state index is 13.0. The first kappa shape index (κ1) is 16.6. The van der Waals surface area contributed by atoms with Crippen LogP contribution in [0.15, 0.2) is 42.5 Å². The highest BCUT2D eigenvalue weighted by Crippen LogP contribution is 2.33. The van der Waals surface area contributed by atoms with Gasteiger partial charge in [-0.1, -0.05) is 0 Å². The molecule has 4 aromatic rings. The molecule has 2 heterocycles. The number of nitrogens with zero attached hydrogens (tertiary/aromatic N) is 4. The summed E-state index contributed by atoms with van der Waals surface area (Å²) in [6.45, 7) is 0. The van der Waals surface area contributed by atoms with Crippen molar-refractivity contribution in [1.29, 1.82) is 0 Å². The Morgan fingerprint density at radius 2 is 1.77 bits per heavy atom. The number of hydrogen-bond acceptors (Lipinski definition) is 4. The van der Waals surface area contributed by atoms with Crippen LogP contribution < -0.4 is 4.74 Å². The van der Waals surface area contributed by atoms with E-state index in [2.05, 4.69) is 15.1 Å². The van der Waals surface area contributed by atoms with Crippen molar-refractivity contribution in [3.63, 3.8) is 0 Å². The largest absolute Gasteiger partial charge is 0.497 e. The Morgan fingerprint density at radius 3 is 2.42 bits per heavy atom. The van der Waals surface area contributed by atoms with Gasteiger partial charge in [-0.3, -0.25) is 0 Å². The van der Waals surface area contributed by atoms with E-state index in [4.69, 9.17) is 16.3 Å². The molecule has 0 N–H and O–H groups in total. The molecule has 0 saturated heterocycles. The minimum atomic E-state index is -4.47. The number of ether oxygens (including phenoxy) is 1. The van der Waals surface area contributed by atoms with Crippen molar-refractivity contribution in [2.45, 2.75) is 6.18 Å². The van der Waals surface area contributed by atoms with Crippen molar-refractivity contribution >= 4 is 28.2 Å². The predicted octanol–water partition coefficient (Wildman–Crippen LogP) is 4.63. The number of alkyl halides is 3. The van der Waals surface area contributed by atoms with E-state index in [0.29, 0.717) is 22.7 Å². The molecular formula is C17H10ClF3N4O. The topological polar surface area (TPSA) is 52.3 Å². The fraction of sp³-hybridized carbons (Fsp3) is 0.118. The fourth-order valence-corrected chi connectivity index (χ4v) is 2.82. The first-order valence-corrected chi connectivity index (χ1v) is 7.82. The molecule has 0 bridgehead atoms. The molecular weight excluding hydrogens is 369 g/mol. The van der Waals surface area contributed by atoms with Crippen LogP contribution in [0, 0.1) is 0 Å². The highest BCUT2D eigenvalue weighted by molar-refractivity contribution is 6.29. The first-order valence-electron chi connectivity index (χ1n) is 7.44. The van der Waals surface area contributed by atoms with Gasteiger partial charge in [-0.15, -0.1) is 5.10 Å². The average Bonchev–Trinajstić information content (AvgIpc) is 3.07. The number of fused-ring (bicyclic) bond motifs is 3. The zero-order valence-corrected chi connectivity index (χ0v) is 14.0. The zero-order valence-electron chi connectivity index (χ0n) is 13.3. The molecule has 0 aliphatic heterocycles. The van der Waals surface area contributed by atoms with Crippen LogP contribution in [0.2, 0.25) is 5.28 Å². The van der Waals surface area contributed by atoms with Crippen molar-refractivity contribution in [2.24, 2.45) is 0 Å². The minimum Gasteiger partial charge on any atom is -0.497 e. The Hall–Kier alpha value is -2.87. The third-order valence-electron chi connectivity index (χ3n) is 3.91. The summed E-state index contributed by atoms with van der Waals surface area (Å²) >= 11 is 6.12. The SMILES string of the molecule is COc1ccc(-c2nc3c4cc(C(F)(F)F)ccc4nc(Cl)n3n2)cc1. The third-order valence-corrected chi connectivity index (χ3v) is 4.15. The number of methoxy groups -OCH3 is 1. The van der Waals surface area contributed by atoms with Crippen LogP contribution in [0.1, 0.15) is 5.56 Å². The van der Waals surface area contributed by atoms with Gasteiger partial charge in [-0.05, 0) is 54.1 Å². The van der Waals surface area contributed by atoms with Gasteiger partial charge in [0.2, 0.25) is 5.28 Å². The van der Waals surface area contributed by atoms with E-state index in [-0.39, 0.29) is 16.3 Å². The van der Waals surface area contributed by atoms with Gasteiger partial charge in [-0.2, -0.15) is 17.7 Å². The number of aromatic nitrogens is 4. The van der Waals surface area contributed by atoms with Gasteiger partial charge in [0.05, 0.1) is 18.2 Å². The normalized spacial score (nSPS) is 12.0. The van der Waals surface area contributed by atoms with E-state index in [1.165, 1.54) is 10.6 Å². The number of benzene rings is 2.